The van der Waals surface area contributed by atoms with Gasteiger partial charge in [0.2, 0.25) is 11.7 Å². The molecule has 1 aliphatic carbocycles. The number of aryl methyl sites for hydroxylation is 1. The summed E-state index contributed by atoms with van der Waals surface area (Å²) in [6, 6.07) is 5.28. The maximum absolute atomic E-state index is 13.3. The van der Waals surface area contributed by atoms with Gasteiger partial charge in [-0.25, -0.2) is 0 Å². The first-order valence-electron chi connectivity index (χ1n) is 11.0. The largest absolute Gasteiger partial charge is 0.369 e. The molecule has 10 heteroatoms. The smallest absolute Gasteiger partial charge is 0.262 e. The van der Waals surface area contributed by atoms with Crippen molar-refractivity contribution in [2.24, 2.45) is 11.7 Å². The number of nitrogens with one attached hydrogen (secondary N) is 1. The van der Waals surface area contributed by atoms with Crippen molar-refractivity contribution in [3.63, 3.8) is 0 Å². The predicted octanol–water partition coefficient (Wildman–Crippen LogP) is 2.34. The van der Waals surface area contributed by atoms with Crippen LogP contribution in [0.25, 0.3) is 16.7 Å². The maximum Gasteiger partial charge on any atom is 0.262 e. The number of fused-ring (bicyclic) bond motifs is 3. The lowest BCUT2D eigenvalue weighted by Crippen LogP contribution is -2.32. The Balaban J connectivity index is 1.84. The Kier molecular flexibility index (Phi) is 6.50. The molecule has 2 heterocycles. The molecule has 3 aromatic rings. The molecule has 0 spiro atoms. The van der Waals surface area contributed by atoms with Crippen molar-refractivity contribution < 1.29 is 9.59 Å². The third-order valence-corrected chi connectivity index (χ3v) is 6.75. The third kappa shape index (κ3) is 4.50. The molecule has 2 aromatic heterocycles. The molecule has 0 unspecified atom stereocenters. The van der Waals surface area contributed by atoms with Crippen molar-refractivity contribution in [1.29, 1.82) is 0 Å². The molecular formula is C22H28N6O3S. The van der Waals surface area contributed by atoms with Crippen LogP contribution in [0.2, 0.25) is 0 Å². The summed E-state index contributed by atoms with van der Waals surface area (Å²) in [5.74, 6) is 0.209. The summed E-state index contributed by atoms with van der Waals surface area (Å²) in [6.45, 7) is 4.69. The second-order valence-electron chi connectivity index (χ2n) is 8.70. The molecule has 1 aromatic carbocycles. The van der Waals surface area contributed by atoms with Crippen LogP contribution >= 0.6 is 11.8 Å². The average Bonchev–Trinajstić information content (AvgIpc) is 3.41. The fourth-order valence-electron chi connectivity index (χ4n) is 4.08. The second-order valence-corrected chi connectivity index (χ2v) is 9.64. The van der Waals surface area contributed by atoms with Crippen molar-refractivity contribution in [2.45, 2.75) is 63.7 Å². The Morgan fingerprint density at radius 2 is 2.00 bits per heavy atom. The van der Waals surface area contributed by atoms with Crippen LogP contribution in [0, 0.1) is 5.92 Å². The molecule has 4 rings (SSSR count). The summed E-state index contributed by atoms with van der Waals surface area (Å²) in [6.07, 6.45) is 5.03. The van der Waals surface area contributed by atoms with Gasteiger partial charge < -0.3 is 11.1 Å². The molecule has 0 saturated heterocycles. The Hall–Kier alpha value is -2.88. The number of nitrogens with zero attached hydrogens (tertiary/aromatic N) is 4. The number of aromatic nitrogens is 4. The first kappa shape index (κ1) is 22.3. The number of carbonyl (C=O) groups excluding carboxylic acids is 2. The zero-order valence-electron chi connectivity index (χ0n) is 18.3. The van der Waals surface area contributed by atoms with Crippen LogP contribution in [-0.2, 0) is 11.3 Å². The van der Waals surface area contributed by atoms with E-state index in [4.69, 9.17) is 5.73 Å². The molecule has 0 bridgehead atoms. The lowest BCUT2D eigenvalue weighted by atomic mass is 10.1. The van der Waals surface area contributed by atoms with Crippen molar-refractivity contribution in [1.82, 2.24) is 24.5 Å². The number of carbonyl (C=O) groups is 2. The van der Waals surface area contributed by atoms with Gasteiger partial charge in [-0.1, -0.05) is 38.5 Å². The van der Waals surface area contributed by atoms with Gasteiger partial charge in [0.25, 0.3) is 11.5 Å². The monoisotopic (exact) mass is 456 g/mol. The van der Waals surface area contributed by atoms with Crippen molar-refractivity contribution in [3.05, 3.63) is 34.1 Å². The van der Waals surface area contributed by atoms with Gasteiger partial charge in [0.15, 0.2) is 5.16 Å². The van der Waals surface area contributed by atoms with E-state index in [1.807, 2.05) is 0 Å². The van der Waals surface area contributed by atoms with Gasteiger partial charge in [-0.2, -0.15) is 0 Å². The molecule has 3 N–H and O–H groups in total. The fourth-order valence-corrected chi connectivity index (χ4v) is 4.76. The predicted molar refractivity (Wildman–Crippen MR) is 124 cm³/mol. The minimum absolute atomic E-state index is 0.0370. The molecule has 1 aliphatic rings. The van der Waals surface area contributed by atoms with E-state index in [-0.39, 0.29) is 23.3 Å². The highest BCUT2D eigenvalue weighted by atomic mass is 32.2. The number of amides is 2. The Morgan fingerprint density at radius 3 is 2.69 bits per heavy atom. The first-order valence-corrected chi connectivity index (χ1v) is 12.0. The third-order valence-electron chi connectivity index (χ3n) is 5.80. The van der Waals surface area contributed by atoms with E-state index in [0.29, 0.717) is 39.9 Å². The van der Waals surface area contributed by atoms with E-state index in [9.17, 15) is 14.4 Å². The minimum atomic E-state index is -0.471. The molecule has 170 valence electrons. The highest BCUT2D eigenvalue weighted by Crippen LogP contribution is 2.23. The Bertz CT molecular complexity index is 1230. The van der Waals surface area contributed by atoms with Crippen molar-refractivity contribution >= 4 is 40.3 Å². The molecule has 1 saturated carbocycles. The number of benzene rings is 1. The molecule has 0 atom stereocenters. The highest BCUT2D eigenvalue weighted by molar-refractivity contribution is 7.99. The molecule has 0 aliphatic heterocycles. The first-order chi connectivity index (χ1) is 15.3. The van der Waals surface area contributed by atoms with Crippen LogP contribution in [-0.4, -0.2) is 42.8 Å². The van der Waals surface area contributed by atoms with E-state index in [1.54, 1.807) is 27.2 Å². The van der Waals surface area contributed by atoms with Gasteiger partial charge in [-0.15, -0.1) is 10.2 Å². The number of primary amides is 1. The van der Waals surface area contributed by atoms with Crippen LogP contribution in [0.1, 0.15) is 56.3 Å². The average molecular weight is 457 g/mol. The number of hydrogen-bond donors (Lipinski definition) is 2. The minimum Gasteiger partial charge on any atom is -0.369 e. The van der Waals surface area contributed by atoms with Crippen LogP contribution in [0.5, 0.6) is 0 Å². The van der Waals surface area contributed by atoms with Crippen LogP contribution < -0.4 is 16.6 Å². The number of rotatable bonds is 8. The molecule has 0 radical (unpaired) electrons. The molecule has 32 heavy (non-hydrogen) atoms. The normalized spacial score (nSPS) is 14.6. The van der Waals surface area contributed by atoms with Gasteiger partial charge in [0.05, 0.1) is 16.7 Å². The van der Waals surface area contributed by atoms with Gasteiger partial charge in [0.1, 0.15) is 0 Å². The van der Waals surface area contributed by atoms with E-state index in [0.717, 1.165) is 43.9 Å². The SMILES string of the molecule is CC(C)CCn1c(=O)c2ccc(C(=O)NC3CCCC3)cc2n2c(SCC(N)=O)nnc12. The summed E-state index contributed by atoms with van der Waals surface area (Å²) in [5.41, 5.74) is 6.17. The summed E-state index contributed by atoms with van der Waals surface area (Å²) in [5, 5.41) is 12.5. The topological polar surface area (TPSA) is 124 Å². The fraction of sp³-hybridized carbons (Fsp3) is 0.500. The van der Waals surface area contributed by atoms with E-state index >= 15 is 0 Å². The lowest BCUT2D eigenvalue weighted by Gasteiger charge is -2.14. The maximum atomic E-state index is 13.3. The lowest BCUT2D eigenvalue weighted by molar-refractivity contribution is -0.115. The zero-order valence-corrected chi connectivity index (χ0v) is 19.2. The molecule has 1 fully saturated rings. The van der Waals surface area contributed by atoms with Gasteiger partial charge >= 0.3 is 0 Å². The zero-order chi connectivity index (χ0) is 22.8. The van der Waals surface area contributed by atoms with Crippen LogP contribution in [0.15, 0.2) is 28.2 Å². The highest BCUT2D eigenvalue weighted by Gasteiger charge is 2.21. The van der Waals surface area contributed by atoms with Crippen molar-refractivity contribution in [2.75, 3.05) is 5.75 Å². The summed E-state index contributed by atoms with van der Waals surface area (Å²) < 4.78 is 3.36. The Morgan fingerprint density at radius 1 is 1.25 bits per heavy atom. The van der Waals surface area contributed by atoms with Crippen LogP contribution in [0.3, 0.4) is 0 Å². The van der Waals surface area contributed by atoms with Gasteiger partial charge in [-0.3, -0.25) is 23.4 Å². The number of hydrogen-bond acceptors (Lipinski definition) is 6. The second kappa shape index (κ2) is 9.32. The summed E-state index contributed by atoms with van der Waals surface area (Å²) >= 11 is 1.16. The molecule has 9 nitrogen and oxygen atoms in total. The van der Waals surface area contributed by atoms with E-state index in [1.165, 1.54) is 0 Å². The van der Waals surface area contributed by atoms with Gasteiger partial charge in [-0.05, 0) is 43.4 Å². The van der Waals surface area contributed by atoms with Crippen LogP contribution in [0.4, 0.5) is 0 Å². The molecule has 2 amide bonds. The van der Waals surface area contributed by atoms with E-state index < -0.39 is 5.91 Å². The van der Waals surface area contributed by atoms with Gasteiger partial charge in [0, 0.05) is 18.2 Å². The standard InChI is InChI=1S/C22H28N6O3S/c1-13(2)9-10-27-20(31)16-8-7-14(19(30)24-15-5-3-4-6-15)11-17(16)28-21(27)25-26-22(28)32-12-18(23)29/h7-8,11,13,15H,3-6,9-10,12H2,1-2H3,(H2,23,29)(H,24,30). The quantitative estimate of drug-likeness (QED) is 0.501. The Labute approximate surface area is 189 Å². The number of thioether (sulfide) groups is 1. The molecular weight excluding hydrogens is 428 g/mol. The summed E-state index contributed by atoms with van der Waals surface area (Å²) in [4.78, 5) is 37.5. The number of nitrogens with two attached hydrogens (primary N) is 1. The summed E-state index contributed by atoms with van der Waals surface area (Å²) in [7, 11) is 0. The van der Waals surface area contributed by atoms with E-state index in [2.05, 4.69) is 29.4 Å². The van der Waals surface area contributed by atoms with Crippen molar-refractivity contribution in [3.8, 4) is 0 Å².